The van der Waals surface area contributed by atoms with Crippen LogP contribution in [0.4, 0.5) is 0 Å². The molecule has 0 unspecified atom stereocenters. The molecule has 1 aromatic carbocycles. The Hall–Kier alpha value is -2.25. The van der Waals surface area contributed by atoms with Crippen molar-refractivity contribution >= 4 is 28.2 Å². The minimum atomic E-state index is 0.0637. The Morgan fingerprint density at radius 2 is 2.04 bits per heavy atom. The van der Waals surface area contributed by atoms with Crippen LogP contribution in [0.1, 0.15) is 22.5 Å². The van der Waals surface area contributed by atoms with E-state index >= 15 is 0 Å². The lowest BCUT2D eigenvalue weighted by Crippen LogP contribution is -2.44. The van der Waals surface area contributed by atoms with Gasteiger partial charge in [0.15, 0.2) is 5.58 Å². The number of nitrogens with zero attached hydrogens (tertiary/aromatic N) is 4. The highest BCUT2D eigenvalue weighted by Gasteiger charge is 2.26. The molecule has 1 aliphatic rings. The van der Waals surface area contributed by atoms with Gasteiger partial charge in [0, 0.05) is 19.1 Å². The largest absolute Gasteiger partial charge is 0.356 e. The van der Waals surface area contributed by atoms with Crippen molar-refractivity contribution in [1.29, 1.82) is 0 Å². The Labute approximate surface area is 150 Å². The first-order valence-electron chi connectivity index (χ1n) is 8.40. The van der Waals surface area contributed by atoms with Crippen LogP contribution in [0.15, 0.2) is 35.0 Å². The summed E-state index contributed by atoms with van der Waals surface area (Å²) in [7, 11) is 4.19. The quantitative estimate of drug-likeness (QED) is 0.721. The Bertz CT molecular complexity index is 893. The van der Waals surface area contributed by atoms with Crippen molar-refractivity contribution in [3.05, 3.63) is 35.3 Å². The molecule has 0 atom stereocenters. The fourth-order valence-electron chi connectivity index (χ4n) is 3.26. The van der Waals surface area contributed by atoms with Gasteiger partial charge in [-0.15, -0.1) is 11.3 Å². The van der Waals surface area contributed by atoms with Gasteiger partial charge in [-0.3, -0.25) is 4.79 Å². The molecule has 6 nitrogen and oxygen atoms in total. The van der Waals surface area contributed by atoms with Gasteiger partial charge < -0.3 is 14.3 Å². The molecule has 3 heterocycles. The third kappa shape index (κ3) is 3.05. The first kappa shape index (κ1) is 16.2. The predicted octanol–water partition coefficient (Wildman–Crippen LogP) is 3.12. The average Bonchev–Trinajstić information content (AvgIpc) is 3.28. The van der Waals surface area contributed by atoms with Crippen molar-refractivity contribution in [2.75, 3.05) is 27.2 Å². The fourth-order valence-corrected chi connectivity index (χ4v) is 4.14. The van der Waals surface area contributed by atoms with Crippen LogP contribution in [0.25, 0.3) is 21.7 Å². The van der Waals surface area contributed by atoms with Gasteiger partial charge in [-0.05, 0) is 39.1 Å². The summed E-state index contributed by atoms with van der Waals surface area (Å²) in [4.78, 5) is 22.0. The van der Waals surface area contributed by atoms with Crippen LogP contribution in [0.5, 0.6) is 0 Å². The van der Waals surface area contributed by atoms with Crippen molar-refractivity contribution in [3.8, 4) is 10.7 Å². The maximum Gasteiger partial charge on any atom is 0.265 e. The maximum absolute atomic E-state index is 12.8. The van der Waals surface area contributed by atoms with Gasteiger partial charge in [0.2, 0.25) is 0 Å². The smallest absolute Gasteiger partial charge is 0.265 e. The molecule has 0 N–H and O–H groups in total. The Kier molecular flexibility index (Phi) is 4.27. The molecule has 0 bridgehead atoms. The summed E-state index contributed by atoms with van der Waals surface area (Å²) >= 11 is 1.38. The van der Waals surface area contributed by atoms with Crippen LogP contribution in [0, 0.1) is 0 Å². The second-order valence-electron chi connectivity index (χ2n) is 6.54. The SMILES string of the molecule is CN(C)C1CCN(C(=O)c2cnc(-c3noc4ccccc34)s2)CC1. The lowest BCUT2D eigenvalue weighted by atomic mass is 10.0. The highest BCUT2D eigenvalue weighted by molar-refractivity contribution is 7.17. The van der Waals surface area contributed by atoms with Crippen molar-refractivity contribution in [2.45, 2.75) is 18.9 Å². The minimum absolute atomic E-state index is 0.0637. The van der Waals surface area contributed by atoms with E-state index in [0.29, 0.717) is 16.6 Å². The normalized spacial score (nSPS) is 16.0. The number of piperidine rings is 1. The van der Waals surface area contributed by atoms with Gasteiger partial charge in [-0.25, -0.2) is 4.98 Å². The van der Waals surface area contributed by atoms with E-state index in [0.717, 1.165) is 41.9 Å². The van der Waals surface area contributed by atoms with E-state index in [-0.39, 0.29) is 5.91 Å². The zero-order valence-corrected chi connectivity index (χ0v) is 15.1. The van der Waals surface area contributed by atoms with Crippen molar-refractivity contribution in [2.24, 2.45) is 0 Å². The van der Waals surface area contributed by atoms with E-state index in [2.05, 4.69) is 29.1 Å². The second-order valence-corrected chi connectivity index (χ2v) is 7.57. The first-order chi connectivity index (χ1) is 12.1. The standard InChI is InChI=1S/C18H20N4O2S/c1-21(2)12-7-9-22(10-8-12)18(23)15-11-19-17(25-15)16-13-5-3-4-6-14(13)24-20-16/h3-6,11-12H,7-10H2,1-2H3. The average molecular weight is 356 g/mol. The molecule has 4 rings (SSSR count). The lowest BCUT2D eigenvalue weighted by molar-refractivity contribution is 0.0668. The molecule has 1 amide bonds. The summed E-state index contributed by atoms with van der Waals surface area (Å²) in [5.74, 6) is 0.0637. The number of amides is 1. The molecule has 7 heteroatoms. The topological polar surface area (TPSA) is 62.5 Å². The molecular formula is C18H20N4O2S. The van der Waals surface area contributed by atoms with Gasteiger partial charge >= 0.3 is 0 Å². The zero-order valence-electron chi connectivity index (χ0n) is 14.3. The number of thiazole rings is 1. The van der Waals surface area contributed by atoms with E-state index in [1.165, 1.54) is 11.3 Å². The first-order valence-corrected chi connectivity index (χ1v) is 9.21. The molecule has 0 radical (unpaired) electrons. The van der Waals surface area contributed by atoms with Gasteiger partial charge in [0.1, 0.15) is 15.6 Å². The molecule has 0 aliphatic carbocycles. The molecule has 3 aromatic rings. The molecule has 2 aromatic heterocycles. The number of hydrogen-bond acceptors (Lipinski definition) is 6. The van der Waals surface area contributed by atoms with Crippen LogP contribution in [0.3, 0.4) is 0 Å². The van der Waals surface area contributed by atoms with Crippen LogP contribution in [-0.2, 0) is 0 Å². The monoisotopic (exact) mass is 356 g/mol. The molecule has 0 spiro atoms. The van der Waals surface area contributed by atoms with Crippen LogP contribution in [-0.4, -0.2) is 59.1 Å². The number of benzene rings is 1. The molecule has 130 valence electrons. The maximum atomic E-state index is 12.8. The molecule has 0 saturated carbocycles. The molecule has 1 aliphatic heterocycles. The number of carbonyl (C=O) groups is 1. The fraction of sp³-hybridized carbons (Fsp3) is 0.389. The highest BCUT2D eigenvalue weighted by atomic mass is 32.1. The van der Waals surface area contributed by atoms with E-state index < -0.39 is 0 Å². The Balaban J connectivity index is 1.52. The van der Waals surface area contributed by atoms with Crippen molar-refractivity contribution in [1.82, 2.24) is 19.9 Å². The molecule has 1 fully saturated rings. The summed E-state index contributed by atoms with van der Waals surface area (Å²) in [6.07, 6.45) is 3.68. The van der Waals surface area contributed by atoms with Crippen LogP contribution < -0.4 is 0 Å². The minimum Gasteiger partial charge on any atom is -0.356 e. The summed E-state index contributed by atoms with van der Waals surface area (Å²) < 4.78 is 5.34. The second kappa shape index (κ2) is 6.57. The molecule has 25 heavy (non-hydrogen) atoms. The summed E-state index contributed by atoms with van der Waals surface area (Å²) in [5.41, 5.74) is 1.43. The number of rotatable bonds is 3. The number of aromatic nitrogens is 2. The van der Waals surface area contributed by atoms with E-state index in [4.69, 9.17) is 4.52 Å². The molecule has 1 saturated heterocycles. The van der Waals surface area contributed by atoms with Crippen molar-refractivity contribution < 1.29 is 9.32 Å². The lowest BCUT2D eigenvalue weighted by Gasteiger charge is -2.34. The van der Waals surface area contributed by atoms with E-state index in [1.54, 1.807) is 6.20 Å². The van der Waals surface area contributed by atoms with Crippen molar-refractivity contribution in [3.63, 3.8) is 0 Å². The van der Waals surface area contributed by atoms with E-state index in [9.17, 15) is 4.79 Å². The summed E-state index contributed by atoms with van der Waals surface area (Å²) in [6.45, 7) is 1.59. The van der Waals surface area contributed by atoms with Gasteiger partial charge in [-0.1, -0.05) is 17.3 Å². The molecular weight excluding hydrogens is 336 g/mol. The third-order valence-electron chi connectivity index (χ3n) is 4.78. The number of carbonyl (C=O) groups excluding carboxylic acids is 1. The predicted molar refractivity (Wildman–Crippen MR) is 97.7 cm³/mol. The van der Waals surface area contributed by atoms with E-state index in [1.807, 2.05) is 29.2 Å². The van der Waals surface area contributed by atoms with Crippen LogP contribution in [0.2, 0.25) is 0 Å². The third-order valence-corrected chi connectivity index (χ3v) is 5.77. The number of hydrogen-bond donors (Lipinski definition) is 0. The summed E-state index contributed by atoms with van der Waals surface area (Å²) in [6, 6.07) is 8.24. The Morgan fingerprint density at radius 3 is 2.80 bits per heavy atom. The summed E-state index contributed by atoms with van der Waals surface area (Å²) in [5, 5.41) is 5.76. The van der Waals surface area contributed by atoms with Crippen LogP contribution >= 0.6 is 11.3 Å². The van der Waals surface area contributed by atoms with Gasteiger partial charge in [-0.2, -0.15) is 0 Å². The highest BCUT2D eigenvalue weighted by Crippen LogP contribution is 2.31. The van der Waals surface area contributed by atoms with Gasteiger partial charge in [0.05, 0.1) is 11.6 Å². The van der Waals surface area contributed by atoms with Gasteiger partial charge in [0.25, 0.3) is 5.91 Å². The number of likely N-dealkylation sites (tertiary alicyclic amines) is 1. The number of fused-ring (bicyclic) bond motifs is 1. The zero-order chi connectivity index (χ0) is 17.4. The number of para-hydroxylation sites is 1. The Morgan fingerprint density at radius 1 is 1.28 bits per heavy atom.